The first-order valence-corrected chi connectivity index (χ1v) is 9.24. The maximum Gasteiger partial charge on any atom is 0.345 e. The van der Waals surface area contributed by atoms with Crippen LogP contribution in [0.5, 0.6) is 5.75 Å². The van der Waals surface area contributed by atoms with Crippen LogP contribution in [0.3, 0.4) is 0 Å². The quantitative estimate of drug-likeness (QED) is 0.457. The molecule has 146 valence electrons. The molecule has 2 aromatic heterocycles. The molecule has 0 radical (unpaired) electrons. The Morgan fingerprint density at radius 2 is 1.44 bits per heavy atom. The van der Waals surface area contributed by atoms with Gasteiger partial charge in [0.1, 0.15) is 27.2 Å². The number of halogens is 3. The van der Waals surface area contributed by atoms with E-state index in [4.69, 9.17) is 37.4 Å². The molecule has 0 N–H and O–H groups in total. The zero-order chi connectivity index (χ0) is 20.4. The summed E-state index contributed by atoms with van der Waals surface area (Å²) in [6.07, 6.45) is 2.97. The van der Waals surface area contributed by atoms with Crippen LogP contribution in [0.25, 0.3) is 0 Å². The standard InChI is InChI=1S/C9H10ClNO3.C8H7BrClNO2/c1-3-14-9(12)7-6(13-2)4-5-11-8(7)10;1-2-13-8(12)6-5(9)3-4-11-7(6)10/h4-5H,3H2,1-2H3;3-4H,2H2,1H3. The number of esters is 2. The monoisotopic (exact) mass is 478 g/mol. The Morgan fingerprint density at radius 3 is 1.93 bits per heavy atom. The lowest BCUT2D eigenvalue weighted by Gasteiger charge is -2.07. The topological polar surface area (TPSA) is 87.6 Å². The molecule has 2 aromatic rings. The number of rotatable bonds is 5. The van der Waals surface area contributed by atoms with Gasteiger partial charge in [0, 0.05) is 16.9 Å². The Labute approximate surface area is 175 Å². The minimum atomic E-state index is -0.526. The fourth-order valence-corrected chi connectivity index (χ4v) is 2.82. The normalized spacial score (nSPS) is 9.70. The predicted octanol–water partition coefficient (Wildman–Crippen LogP) is 4.59. The number of hydrogen-bond donors (Lipinski definition) is 0. The van der Waals surface area contributed by atoms with Crippen molar-refractivity contribution in [1.82, 2.24) is 9.97 Å². The van der Waals surface area contributed by atoms with Crippen molar-refractivity contribution in [3.05, 3.63) is 50.4 Å². The molecule has 10 heteroatoms. The summed E-state index contributed by atoms with van der Waals surface area (Å²) in [5.41, 5.74) is 0.435. The van der Waals surface area contributed by atoms with Crippen molar-refractivity contribution >= 4 is 51.1 Å². The highest BCUT2D eigenvalue weighted by Crippen LogP contribution is 2.25. The van der Waals surface area contributed by atoms with E-state index >= 15 is 0 Å². The summed E-state index contributed by atoms with van der Waals surface area (Å²) >= 11 is 14.7. The summed E-state index contributed by atoms with van der Waals surface area (Å²) in [7, 11) is 1.45. The summed E-state index contributed by atoms with van der Waals surface area (Å²) in [5, 5.41) is 0.232. The predicted molar refractivity (Wildman–Crippen MR) is 105 cm³/mol. The van der Waals surface area contributed by atoms with E-state index in [1.54, 1.807) is 26.0 Å². The Hall–Kier alpha value is -1.90. The van der Waals surface area contributed by atoms with E-state index in [2.05, 4.69) is 25.9 Å². The molecule has 0 aliphatic rings. The fraction of sp³-hybridized carbons (Fsp3) is 0.294. The van der Waals surface area contributed by atoms with Gasteiger partial charge in [-0.3, -0.25) is 0 Å². The van der Waals surface area contributed by atoms with E-state index in [9.17, 15) is 9.59 Å². The molecule has 2 heterocycles. The molecular formula is C17H17BrCl2N2O5. The van der Waals surface area contributed by atoms with Crippen molar-refractivity contribution in [2.75, 3.05) is 20.3 Å². The maximum atomic E-state index is 11.4. The number of ether oxygens (including phenoxy) is 3. The number of pyridine rings is 2. The number of methoxy groups -OCH3 is 1. The first-order chi connectivity index (χ1) is 12.9. The van der Waals surface area contributed by atoms with Crippen molar-refractivity contribution < 1.29 is 23.8 Å². The van der Waals surface area contributed by atoms with Crippen LogP contribution in [0.15, 0.2) is 29.0 Å². The van der Waals surface area contributed by atoms with Gasteiger partial charge < -0.3 is 14.2 Å². The molecule has 0 aromatic carbocycles. The highest BCUT2D eigenvalue weighted by molar-refractivity contribution is 9.10. The molecule has 0 aliphatic carbocycles. The molecule has 7 nitrogen and oxygen atoms in total. The number of aromatic nitrogens is 2. The number of carbonyl (C=O) groups is 2. The van der Waals surface area contributed by atoms with Gasteiger partial charge in [0.2, 0.25) is 0 Å². The van der Waals surface area contributed by atoms with Gasteiger partial charge in [0.25, 0.3) is 0 Å². The third kappa shape index (κ3) is 6.64. The van der Waals surface area contributed by atoms with Crippen LogP contribution in [-0.2, 0) is 9.47 Å². The zero-order valence-electron chi connectivity index (χ0n) is 14.8. The lowest BCUT2D eigenvalue weighted by atomic mass is 10.2. The molecule has 0 aliphatic heterocycles. The van der Waals surface area contributed by atoms with E-state index in [0.717, 1.165) is 0 Å². The Bertz CT molecular complexity index is 785. The average Bonchev–Trinajstić information content (AvgIpc) is 2.62. The Morgan fingerprint density at radius 1 is 0.963 bits per heavy atom. The largest absolute Gasteiger partial charge is 0.496 e. The van der Waals surface area contributed by atoms with Crippen LogP contribution in [0.4, 0.5) is 0 Å². The van der Waals surface area contributed by atoms with Crippen molar-refractivity contribution in [2.45, 2.75) is 13.8 Å². The van der Waals surface area contributed by atoms with Crippen LogP contribution < -0.4 is 4.74 Å². The molecule has 0 unspecified atom stereocenters. The van der Waals surface area contributed by atoms with Crippen molar-refractivity contribution in [1.29, 1.82) is 0 Å². The molecule has 0 atom stereocenters. The highest BCUT2D eigenvalue weighted by Gasteiger charge is 2.18. The van der Waals surface area contributed by atoms with E-state index in [-0.39, 0.29) is 28.0 Å². The van der Waals surface area contributed by atoms with E-state index < -0.39 is 11.9 Å². The van der Waals surface area contributed by atoms with Gasteiger partial charge in [-0.2, -0.15) is 0 Å². The third-order valence-corrected chi connectivity index (χ3v) is 4.13. The summed E-state index contributed by atoms with van der Waals surface area (Å²) in [5.74, 6) is -0.627. The van der Waals surface area contributed by atoms with Gasteiger partial charge in [0.15, 0.2) is 0 Å². The molecule has 0 amide bonds. The van der Waals surface area contributed by atoms with Crippen LogP contribution in [-0.4, -0.2) is 42.2 Å². The minimum absolute atomic E-state index is 0.0859. The summed E-state index contributed by atoms with van der Waals surface area (Å²) < 4.78 is 15.2. The lowest BCUT2D eigenvalue weighted by Crippen LogP contribution is -2.08. The smallest absolute Gasteiger partial charge is 0.345 e. The molecule has 0 saturated carbocycles. The number of carbonyl (C=O) groups excluding carboxylic acids is 2. The van der Waals surface area contributed by atoms with Gasteiger partial charge in [-0.1, -0.05) is 23.2 Å². The Kier molecular flexibility index (Phi) is 10.1. The maximum absolute atomic E-state index is 11.4. The molecule has 0 saturated heterocycles. The highest BCUT2D eigenvalue weighted by atomic mass is 79.9. The van der Waals surface area contributed by atoms with E-state index in [0.29, 0.717) is 16.8 Å². The molecule has 0 bridgehead atoms. The molecule has 2 rings (SSSR count). The van der Waals surface area contributed by atoms with Gasteiger partial charge in [-0.05, 0) is 41.9 Å². The summed E-state index contributed by atoms with van der Waals surface area (Å²) in [6.45, 7) is 4.05. The molecule has 0 spiro atoms. The van der Waals surface area contributed by atoms with Crippen molar-refractivity contribution in [3.63, 3.8) is 0 Å². The van der Waals surface area contributed by atoms with Crippen molar-refractivity contribution in [2.24, 2.45) is 0 Å². The second-order valence-electron chi connectivity index (χ2n) is 4.58. The fourth-order valence-electron chi connectivity index (χ4n) is 1.78. The number of nitrogens with zero attached hydrogens (tertiary/aromatic N) is 2. The van der Waals surface area contributed by atoms with Gasteiger partial charge in [-0.25, -0.2) is 19.6 Å². The molecular weight excluding hydrogens is 463 g/mol. The van der Waals surface area contributed by atoms with Crippen LogP contribution in [0.2, 0.25) is 10.3 Å². The van der Waals surface area contributed by atoms with Gasteiger partial charge in [0.05, 0.1) is 20.3 Å². The van der Waals surface area contributed by atoms with Gasteiger partial charge in [-0.15, -0.1) is 0 Å². The molecule has 0 fully saturated rings. The SMILES string of the molecule is CCOC(=O)c1c(Br)ccnc1Cl.CCOC(=O)c1c(OC)ccnc1Cl. The third-order valence-electron chi connectivity index (χ3n) is 2.90. The summed E-state index contributed by atoms with van der Waals surface area (Å²) in [6, 6.07) is 3.19. The second-order valence-corrected chi connectivity index (χ2v) is 6.15. The van der Waals surface area contributed by atoms with Crippen LogP contribution in [0.1, 0.15) is 34.6 Å². The first-order valence-electron chi connectivity index (χ1n) is 7.70. The lowest BCUT2D eigenvalue weighted by molar-refractivity contribution is 0.0513. The number of hydrogen-bond acceptors (Lipinski definition) is 7. The second kappa shape index (κ2) is 11.7. The van der Waals surface area contributed by atoms with E-state index in [1.807, 2.05) is 0 Å². The average molecular weight is 480 g/mol. The molecule has 27 heavy (non-hydrogen) atoms. The van der Waals surface area contributed by atoms with E-state index in [1.165, 1.54) is 19.5 Å². The van der Waals surface area contributed by atoms with Crippen molar-refractivity contribution in [3.8, 4) is 5.75 Å². The zero-order valence-corrected chi connectivity index (χ0v) is 17.9. The first kappa shape index (κ1) is 23.1. The van der Waals surface area contributed by atoms with Gasteiger partial charge >= 0.3 is 11.9 Å². The van der Waals surface area contributed by atoms with Crippen LogP contribution >= 0.6 is 39.1 Å². The summed E-state index contributed by atoms with van der Waals surface area (Å²) in [4.78, 5) is 30.3. The Balaban J connectivity index is 0.000000271. The minimum Gasteiger partial charge on any atom is -0.496 e. The van der Waals surface area contributed by atoms with Crippen LogP contribution in [0, 0.1) is 0 Å².